The molecule has 0 bridgehead atoms. The van der Waals surface area contributed by atoms with Crippen LogP contribution in [-0.2, 0) is 0 Å². The first-order chi connectivity index (χ1) is 11.5. The van der Waals surface area contributed by atoms with Gasteiger partial charge in [0.05, 0.1) is 11.4 Å². The molecule has 0 saturated heterocycles. The molecular weight excluding hydrogens is 349 g/mol. The molecule has 2 aromatic carbocycles. The lowest BCUT2D eigenvalue weighted by atomic mass is 10.1. The molecule has 0 aliphatic heterocycles. The number of urea groups is 1. The summed E-state index contributed by atoms with van der Waals surface area (Å²) in [5.74, 6) is -0.599. The van der Waals surface area contributed by atoms with Gasteiger partial charge in [0, 0.05) is 15.5 Å². The first kappa shape index (κ1) is 16.4. The highest BCUT2D eigenvalue weighted by atomic mass is 35.5. The second kappa shape index (κ2) is 6.98. The van der Waals surface area contributed by atoms with Gasteiger partial charge < -0.3 is 5.32 Å². The molecular formula is C17H13ClFN3OS. The van der Waals surface area contributed by atoms with Crippen molar-refractivity contribution >= 4 is 39.8 Å². The number of hydrogen-bond donors (Lipinski definition) is 2. The first-order valence-corrected chi connectivity index (χ1v) is 8.28. The summed E-state index contributed by atoms with van der Waals surface area (Å²) in [6.07, 6.45) is 0. The number of rotatable bonds is 3. The lowest BCUT2D eigenvalue weighted by Crippen LogP contribution is -2.20. The summed E-state index contributed by atoms with van der Waals surface area (Å²) in [5, 5.41) is 5.77. The monoisotopic (exact) mass is 361 g/mol. The van der Waals surface area contributed by atoms with E-state index in [1.54, 1.807) is 0 Å². The van der Waals surface area contributed by atoms with E-state index in [-0.39, 0.29) is 10.7 Å². The summed E-state index contributed by atoms with van der Waals surface area (Å²) < 4.78 is 13.7. The van der Waals surface area contributed by atoms with E-state index in [0.29, 0.717) is 5.13 Å². The molecule has 0 unspecified atom stereocenters. The fourth-order valence-corrected chi connectivity index (χ4v) is 3.14. The number of carbonyl (C=O) groups is 1. The largest absolute Gasteiger partial charge is 0.325 e. The van der Waals surface area contributed by atoms with E-state index in [4.69, 9.17) is 11.6 Å². The summed E-state index contributed by atoms with van der Waals surface area (Å²) in [4.78, 5) is 17.4. The Morgan fingerprint density at radius 2 is 1.92 bits per heavy atom. The van der Waals surface area contributed by atoms with Crippen molar-refractivity contribution in [3.63, 3.8) is 0 Å². The van der Waals surface area contributed by atoms with Gasteiger partial charge in [-0.3, -0.25) is 5.32 Å². The van der Waals surface area contributed by atoms with Gasteiger partial charge >= 0.3 is 6.03 Å². The Morgan fingerprint density at radius 3 is 2.62 bits per heavy atom. The fraction of sp³-hybridized carbons (Fsp3) is 0.0588. The Morgan fingerprint density at radius 1 is 1.17 bits per heavy atom. The number of aromatic nitrogens is 1. The third kappa shape index (κ3) is 3.72. The minimum absolute atomic E-state index is 0.0495. The number of anilines is 2. The zero-order valence-electron chi connectivity index (χ0n) is 12.6. The van der Waals surface area contributed by atoms with Crippen molar-refractivity contribution < 1.29 is 9.18 Å². The van der Waals surface area contributed by atoms with Crippen molar-refractivity contribution in [3.05, 3.63) is 64.2 Å². The van der Waals surface area contributed by atoms with Crippen LogP contribution in [0.1, 0.15) is 4.88 Å². The van der Waals surface area contributed by atoms with Crippen LogP contribution >= 0.6 is 22.9 Å². The van der Waals surface area contributed by atoms with Crippen molar-refractivity contribution in [2.45, 2.75) is 6.92 Å². The molecule has 3 aromatic rings. The molecule has 1 heterocycles. The van der Waals surface area contributed by atoms with E-state index in [9.17, 15) is 9.18 Å². The standard InChI is InChI=1S/C17H13ClFN3OS/c1-10-15(11-5-3-2-4-6-11)21-17(24-10)22-16(23)20-14-8-7-12(18)9-13(14)19/h2-9H,1H3,(H2,20,21,22,23). The summed E-state index contributed by atoms with van der Waals surface area (Å²) in [6, 6.07) is 13.2. The van der Waals surface area contributed by atoms with E-state index in [2.05, 4.69) is 15.6 Å². The van der Waals surface area contributed by atoms with Gasteiger partial charge in [-0.2, -0.15) is 0 Å². The van der Waals surface area contributed by atoms with E-state index in [0.717, 1.165) is 22.2 Å². The molecule has 122 valence electrons. The smallest absolute Gasteiger partial charge is 0.305 e. The maximum atomic E-state index is 13.7. The molecule has 4 nitrogen and oxygen atoms in total. The number of nitrogens with zero attached hydrogens (tertiary/aromatic N) is 1. The van der Waals surface area contributed by atoms with Crippen LogP contribution in [0.2, 0.25) is 5.02 Å². The Hall–Kier alpha value is -2.44. The highest BCUT2D eigenvalue weighted by molar-refractivity contribution is 7.16. The maximum absolute atomic E-state index is 13.7. The number of halogens is 2. The third-order valence-electron chi connectivity index (χ3n) is 3.24. The Bertz CT molecular complexity index is 883. The lowest BCUT2D eigenvalue weighted by Gasteiger charge is -2.06. The predicted octanol–water partition coefficient (Wildman–Crippen LogP) is 5.56. The summed E-state index contributed by atoms with van der Waals surface area (Å²) in [7, 11) is 0. The summed E-state index contributed by atoms with van der Waals surface area (Å²) in [5.41, 5.74) is 1.84. The minimum atomic E-state index is -0.599. The molecule has 0 spiro atoms. The molecule has 2 N–H and O–H groups in total. The number of thiazole rings is 1. The van der Waals surface area contributed by atoms with Crippen LogP contribution in [0.3, 0.4) is 0 Å². The van der Waals surface area contributed by atoms with E-state index < -0.39 is 11.8 Å². The molecule has 0 aliphatic rings. The average Bonchev–Trinajstić information content (AvgIpc) is 2.91. The number of nitrogens with one attached hydrogen (secondary N) is 2. The number of amides is 2. The summed E-state index contributed by atoms with van der Waals surface area (Å²) in [6.45, 7) is 1.93. The van der Waals surface area contributed by atoms with Gasteiger partial charge in [-0.15, -0.1) is 11.3 Å². The molecule has 7 heteroatoms. The van der Waals surface area contributed by atoms with Crippen LogP contribution in [0.25, 0.3) is 11.3 Å². The number of aryl methyl sites for hydroxylation is 1. The minimum Gasteiger partial charge on any atom is -0.305 e. The van der Waals surface area contributed by atoms with Crippen molar-refractivity contribution in [3.8, 4) is 11.3 Å². The van der Waals surface area contributed by atoms with Crippen molar-refractivity contribution in [1.29, 1.82) is 0 Å². The highest BCUT2D eigenvalue weighted by Gasteiger charge is 2.13. The zero-order chi connectivity index (χ0) is 17.1. The molecule has 2 amide bonds. The van der Waals surface area contributed by atoms with Crippen LogP contribution < -0.4 is 10.6 Å². The SMILES string of the molecule is Cc1sc(NC(=O)Nc2ccc(Cl)cc2F)nc1-c1ccccc1. The number of benzene rings is 2. The normalized spacial score (nSPS) is 10.5. The van der Waals surface area contributed by atoms with Gasteiger partial charge in [-0.25, -0.2) is 14.2 Å². The second-order valence-corrected chi connectivity index (χ2v) is 6.63. The van der Waals surface area contributed by atoms with Gasteiger partial charge in [0.25, 0.3) is 0 Å². The summed E-state index contributed by atoms with van der Waals surface area (Å²) >= 11 is 7.04. The van der Waals surface area contributed by atoms with Crippen molar-refractivity contribution in [1.82, 2.24) is 4.98 Å². The first-order valence-electron chi connectivity index (χ1n) is 7.09. The van der Waals surface area contributed by atoms with Gasteiger partial charge in [-0.05, 0) is 25.1 Å². The second-order valence-electron chi connectivity index (χ2n) is 4.99. The van der Waals surface area contributed by atoms with Crippen LogP contribution in [-0.4, -0.2) is 11.0 Å². The topological polar surface area (TPSA) is 54.0 Å². The van der Waals surface area contributed by atoms with Crippen LogP contribution in [0, 0.1) is 12.7 Å². The molecule has 24 heavy (non-hydrogen) atoms. The number of hydrogen-bond acceptors (Lipinski definition) is 3. The molecule has 0 radical (unpaired) electrons. The molecule has 0 atom stereocenters. The van der Waals surface area contributed by atoms with Crippen molar-refractivity contribution in [2.24, 2.45) is 0 Å². The molecule has 0 saturated carbocycles. The number of carbonyl (C=O) groups excluding carboxylic acids is 1. The molecule has 1 aromatic heterocycles. The predicted molar refractivity (Wildman–Crippen MR) is 96.3 cm³/mol. The Balaban J connectivity index is 1.73. The van der Waals surface area contributed by atoms with Gasteiger partial charge in [0.1, 0.15) is 5.82 Å². The van der Waals surface area contributed by atoms with Gasteiger partial charge in [-0.1, -0.05) is 41.9 Å². The average molecular weight is 362 g/mol. The maximum Gasteiger partial charge on any atom is 0.325 e. The van der Waals surface area contributed by atoms with Crippen LogP contribution in [0.5, 0.6) is 0 Å². The van der Waals surface area contributed by atoms with Gasteiger partial charge in [0.2, 0.25) is 0 Å². The van der Waals surface area contributed by atoms with E-state index in [1.165, 1.54) is 23.5 Å². The van der Waals surface area contributed by atoms with E-state index >= 15 is 0 Å². The highest BCUT2D eigenvalue weighted by Crippen LogP contribution is 2.30. The fourth-order valence-electron chi connectivity index (χ4n) is 2.16. The molecule has 3 rings (SSSR count). The lowest BCUT2D eigenvalue weighted by molar-refractivity contribution is 0.262. The quantitative estimate of drug-likeness (QED) is 0.642. The van der Waals surface area contributed by atoms with Gasteiger partial charge in [0.15, 0.2) is 5.13 Å². The van der Waals surface area contributed by atoms with Crippen molar-refractivity contribution in [2.75, 3.05) is 10.6 Å². The van der Waals surface area contributed by atoms with Crippen LogP contribution in [0.4, 0.5) is 20.0 Å². The molecule has 0 fully saturated rings. The molecule has 0 aliphatic carbocycles. The third-order valence-corrected chi connectivity index (χ3v) is 4.36. The Labute approximate surface area is 147 Å². The Kier molecular flexibility index (Phi) is 4.78. The van der Waals surface area contributed by atoms with Crippen LogP contribution in [0.15, 0.2) is 48.5 Å². The zero-order valence-corrected chi connectivity index (χ0v) is 14.2. The van der Waals surface area contributed by atoms with E-state index in [1.807, 2.05) is 37.3 Å².